The van der Waals surface area contributed by atoms with Gasteiger partial charge in [0.05, 0.1) is 20.3 Å². The molecular formula is C22H29N3O3. The molecule has 1 saturated heterocycles. The number of piperazine rings is 1. The highest BCUT2D eigenvalue weighted by Crippen LogP contribution is 2.22. The van der Waals surface area contributed by atoms with Gasteiger partial charge in [-0.1, -0.05) is 18.2 Å². The van der Waals surface area contributed by atoms with Crippen LogP contribution in [-0.2, 0) is 11.3 Å². The molecule has 0 aromatic heterocycles. The fourth-order valence-corrected chi connectivity index (χ4v) is 3.46. The number of rotatable bonds is 7. The predicted octanol–water partition coefficient (Wildman–Crippen LogP) is 2.53. The zero-order valence-electron chi connectivity index (χ0n) is 16.9. The van der Waals surface area contributed by atoms with Gasteiger partial charge in [-0.3, -0.25) is 9.69 Å². The molecule has 1 aliphatic rings. The minimum absolute atomic E-state index is 0.0534. The Morgan fingerprint density at radius 3 is 2.32 bits per heavy atom. The van der Waals surface area contributed by atoms with Gasteiger partial charge in [0, 0.05) is 44.5 Å². The first-order valence-electron chi connectivity index (χ1n) is 9.64. The molecule has 6 nitrogen and oxygen atoms in total. The first kappa shape index (κ1) is 20.0. The molecule has 6 heteroatoms. The van der Waals surface area contributed by atoms with Crippen molar-refractivity contribution in [1.82, 2.24) is 10.2 Å². The van der Waals surface area contributed by atoms with Gasteiger partial charge in [0.25, 0.3) is 0 Å². The van der Waals surface area contributed by atoms with Gasteiger partial charge in [-0.25, -0.2) is 0 Å². The quantitative estimate of drug-likeness (QED) is 0.796. The number of ether oxygens (including phenoxy) is 2. The van der Waals surface area contributed by atoms with Crippen LogP contribution >= 0.6 is 0 Å². The van der Waals surface area contributed by atoms with Crippen LogP contribution in [0.25, 0.3) is 0 Å². The molecule has 1 fully saturated rings. The molecule has 1 N–H and O–H groups in total. The van der Waals surface area contributed by atoms with E-state index >= 15 is 0 Å². The number of nitrogens with one attached hydrogen (secondary N) is 1. The topological polar surface area (TPSA) is 54.0 Å². The molecule has 1 atom stereocenters. The van der Waals surface area contributed by atoms with Gasteiger partial charge < -0.3 is 19.7 Å². The van der Waals surface area contributed by atoms with E-state index in [2.05, 4.69) is 27.2 Å². The van der Waals surface area contributed by atoms with Gasteiger partial charge >= 0.3 is 0 Å². The minimum Gasteiger partial charge on any atom is -0.497 e. The molecule has 0 aliphatic carbocycles. The summed E-state index contributed by atoms with van der Waals surface area (Å²) in [6, 6.07) is 15.7. The standard InChI is InChI=1S/C22H29N3O3/c1-17(22(26)23-16-18-6-4-8-20(14-18)27-2)24-10-12-25(13-11-24)19-7-5-9-21(15-19)28-3/h4-9,14-15,17H,10-13,16H2,1-3H3,(H,23,26). The lowest BCUT2D eigenvalue weighted by atomic mass is 10.1. The van der Waals surface area contributed by atoms with Gasteiger partial charge in [-0.05, 0) is 36.8 Å². The second kappa shape index (κ2) is 9.46. The third kappa shape index (κ3) is 4.95. The molecule has 1 amide bonds. The molecule has 28 heavy (non-hydrogen) atoms. The van der Waals surface area contributed by atoms with Crippen LogP contribution in [0.3, 0.4) is 0 Å². The van der Waals surface area contributed by atoms with Crippen LogP contribution in [-0.4, -0.2) is 57.2 Å². The van der Waals surface area contributed by atoms with Gasteiger partial charge in [0.1, 0.15) is 11.5 Å². The maximum Gasteiger partial charge on any atom is 0.237 e. The van der Waals surface area contributed by atoms with E-state index in [1.54, 1.807) is 14.2 Å². The van der Waals surface area contributed by atoms with Gasteiger partial charge in [-0.15, -0.1) is 0 Å². The van der Waals surface area contributed by atoms with E-state index in [1.807, 2.05) is 43.3 Å². The Morgan fingerprint density at radius 2 is 1.64 bits per heavy atom. The molecule has 1 aliphatic heterocycles. The highest BCUT2D eigenvalue weighted by atomic mass is 16.5. The smallest absolute Gasteiger partial charge is 0.237 e. The molecule has 0 radical (unpaired) electrons. The molecule has 0 saturated carbocycles. The van der Waals surface area contributed by atoms with Crippen LogP contribution in [0.2, 0.25) is 0 Å². The van der Waals surface area contributed by atoms with E-state index in [1.165, 1.54) is 0 Å². The summed E-state index contributed by atoms with van der Waals surface area (Å²) in [5, 5.41) is 3.04. The van der Waals surface area contributed by atoms with Crippen molar-refractivity contribution in [3.63, 3.8) is 0 Å². The van der Waals surface area contributed by atoms with Crippen LogP contribution in [0.15, 0.2) is 48.5 Å². The van der Waals surface area contributed by atoms with E-state index in [9.17, 15) is 4.79 Å². The summed E-state index contributed by atoms with van der Waals surface area (Å²) in [6.45, 7) is 5.96. The number of methoxy groups -OCH3 is 2. The van der Waals surface area contributed by atoms with Crippen LogP contribution in [0.1, 0.15) is 12.5 Å². The largest absolute Gasteiger partial charge is 0.497 e. The predicted molar refractivity (Wildman–Crippen MR) is 111 cm³/mol. The lowest BCUT2D eigenvalue weighted by Crippen LogP contribution is -2.53. The van der Waals surface area contributed by atoms with E-state index < -0.39 is 0 Å². The summed E-state index contributed by atoms with van der Waals surface area (Å²) in [7, 11) is 3.33. The van der Waals surface area contributed by atoms with Crippen molar-refractivity contribution in [2.24, 2.45) is 0 Å². The Balaban J connectivity index is 1.49. The van der Waals surface area contributed by atoms with Crippen molar-refractivity contribution in [3.8, 4) is 11.5 Å². The maximum absolute atomic E-state index is 12.6. The number of anilines is 1. The summed E-state index contributed by atoms with van der Waals surface area (Å²) in [5.41, 5.74) is 2.19. The third-order valence-corrected chi connectivity index (χ3v) is 5.26. The van der Waals surface area contributed by atoms with Crippen molar-refractivity contribution < 1.29 is 14.3 Å². The highest BCUT2D eigenvalue weighted by Gasteiger charge is 2.25. The van der Waals surface area contributed by atoms with Crippen molar-refractivity contribution in [3.05, 3.63) is 54.1 Å². The Hall–Kier alpha value is -2.73. The first-order valence-corrected chi connectivity index (χ1v) is 9.64. The molecule has 0 bridgehead atoms. The molecule has 2 aromatic carbocycles. The summed E-state index contributed by atoms with van der Waals surface area (Å²) in [5.74, 6) is 1.72. The lowest BCUT2D eigenvalue weighted by Gasteiger charge is -2.38. The number of nitrogens with zero attached hydrogens (tertiary/aromatic N) is 2. The zero-order valence-corrected chi connectivity index (χ0v) is 16.9. The Bertz CT molecular complexity index is 788. The fraction of sp³-hybridized carbons (Fsp3) is 0.409. The van der Waals surface area contributed by atoms with Crippen molar-refractivity contribution in [1.29, 1.82) is 0 Å². The monoisotopic (exact) mass is 383 g/mol. The Kier molecular flexibility index (Phi) is 6.76. The van der Waals surface area contributed by atoms with E-state index in [0.717, 1.165) is 48.9 Å². The van der Waals surface area contributed by atoms with Crippen molar-refractivity contribution in [2.75, 3.05) is 45.3 Å². The molecular weight excluding hydrogens is 354 g/mol. The first-order chi connectivity index (χ1) is 13.6. The zero-order chi connectivity index (χ0) is 19.9. The normalized spacial score (nSPS) is 15.8. The van der Waals surface area contributed by atoms with Crippen LogP contribution in [0.5, 0.6) is 11.5 Å². The van der Waals surface area contributed by atoms with Crippen molar-refractivity contribution in [2.45, 2.75) is 19.5 Å². The summed E-state index contributed by atoms with van der Waals surface area (Å²) < 4.78 is 10.5. The van der Waals surface area contributed by atoms with E-state index in [4.69, 9.17) is 9.47 Å². The average molecular weight is 383 g/mol. The van der Waals surface area contributed by atoms with Crippen LogP contribution in [0.4, 0.5) is 5.69 Å². The van der Waals surface area contributed by atoms with E-state index in [-0.39, 0.29) is 11.9 Å². The van der Waals surface area contributed by atoms with Gasteiger partial charge in [-0.2, -0.15) is 0 Å². The van der Waals surface area contributed by atoms with E-state index in [0.29, 0.717) is 6.54 Å². The van der Waals surface area contributed by atoms with Gasteiger partial charge in [0.2, 0.25) is 5.91 Å². The molecule has 150 valence electrons. The number of carbonyl (C=O) groups excluding carboxylic acids is 1. The highest BCUT2D eigenvalue weighted by molar-refractivity contribution is 5.81. The van der Waals surface area contributed by atoms with Gasteiger partial charge in [0.15, 0.2) is 0 Å². The summed E-state index contributed by atoms with van der Waals surface area (Å²) in [6.07, 6.45) is 0. The van der Waals surface area contributed by atoms with Crippen molar-refractivity contribution >= 4 is 11.6 Å². The minimum atomic E-state index is -0.155. The average Bonchev–Trinajstić information content (AvgIpc) is 2.77. The number of benzene rings is 2. The summed E-state index contributed by atoms with van der Waals surface area (Å²) in [4.78, 5) is 17.2. The molecule has 1 unspecified atom stereocenters. The second-order valence-corrected chi connectivity index (χ2v) is 6.97. The molecule has 2 aromatic rings. The van der Waals surface area contributed by atoms with Crippen LogP contribution in [0, 0.1) is 0 Å². The molecule has 1 heterocycles. The number of amides is 1. The number of carbonyl (C=O) groups is 1. The SMILES string of the molecule is COc1cccc(CNC(=O)C(C)N2CCN(c3cccc(OC)c3)CC2)c1. The number of hydrogen-bond acceptors (Lipinski definition) is 5. The Morgan fingerprint density at radius 1 is 1.00 bits per heavy atom. The fourth-order valence-electron chi connectivity index (χ4n) is 3.46. The molecule has 3 rings (SSSR count). The second-order valence-electron chi connectivity index (χ2n) is 6.97. The lowest BCUT2D eigenvalue weighted by molar-refractivity contribution is -0.126. The maximum atomic E-state index is 12.6. The summed E-state index contributed by atoms with van der Waals surface area (Å²) >= 11 is 0. The molecule has 0 spiro atoms. The third-order valence-electron chi connectivity index (χ3n) is 5.26. The number of hydrogen-bond donors (Lipinski definition) is 1. The van der Waals surface area contributed by atoms with Crippen LogP contribution < -0.4 is 19.7 Å². The Labute approximate surface area is 167 Å².